The van der Waals surface area contributed by atoms with E-state index >= 15 is 0 Å². The SMILES string of the molecule is Cc1[nH]ncc1CNCC(=O)NCc1ccco1.Cl. The molecule has 19 heavy (non-hydrogen) atoms. The predicted molar refractivity (Wildman–Crippen MR) is 72.8 cm³/mol. The molecule has 0 atom stereocenters. The number of aromatic amines is 1. The highest BCUT2D eigenvalue weighted by atomic mass is 35.5. The maximum atomic E-state index is 11.5. The Balaban J connectivity index is 0.00000180. The van der Waals surface area contributed by atoms with Gasteiger partial charge in [0.05, 0.1) is 25.5 Å². The second-order valence-corrected chi connectivity index (χ2v) is 3.98. The molecule has 0 unspecified atom stereocenters. The van der Waals surface area contributed by atoms with E-state index < -0.39 is 0 Å². The first-order valence-corrected chi connectivity index (χ1v) is 5.74. The summed E-state index contributed by atoms with van der Waals surface area (Å²) in [5, 5.41) is 12.6. The Hall–Kier alpha value is -1.79. The van der Waals surface area contributed by atoms with Crippen molar-refractivity contribution in [2.75, 3.05) is 6.54 Å². The number of H-pyrrole nitrogens is 1. The molecule has 2 aromatic heterocycles. The molecule has 6 nitrogen and oxygen atoms in total. The maximum Gasteiger partial charge on any atom is 0.234 e. The van der Waals surface area contributed by atoms with Gasteiger partial charge in [0.1, 0.15) is 5.76 Å². The van der Waals surface area contributed by atoms with Crippen LogP contribution in [0.25, 0.3) is 0 Å². The summed E-state index contributed by atoms with van der Waals surface area (Å²) in [6.07, 6.45) is 3.34. The number of aryl methyl sites for hydroxylation is 1. The fraction of sp³-hybridized carbons (Fsp3) is 0.333. The van der Waals surface area contributed by atoms with Crippen LogP contribution in [0.4, 0.5) is 0 Å². The van der Waals surface area contributed by atoms with Gasteiger partial charge in [-0.25, -0.2) is 0 Å². The fourth-order valence-corrected chi connectivity index (χ4v) is 1.53. The number of hydrogen-bond acceptors (Lipinski definition) is 4. The van der Waals surface area contributed by atoms with Crippen molar-refractivity contribution in [2.24, 2.45) is 0 Å². The van der Waals surface area contributed by atoms with Crippen LogP contribution in [-0.4, -0.2) is 22.6 Å². The zero-order chi connectivity index (χ0) is 12.8. The fourth-order valence-electron chi connectivity index (χ4n) is 1.53. The van der Waals surface area contributed by atoms with E-state index in [1.807, 2.05) is 13.0 Å². The highest BCUT2D eigenvalue weighted by molar-refractivity contribution is 5.85. The quantitative estimate of drug-likeness (QED) is 0.743. The maximum absolute atomic E-state index is 11.5. The molecule has 2 aromatic rings. The molecule has 0 aliphatic heterocycles. The van der Waals surface area contributed by atoms with Gasteiger partial charge in [0, 0.05) is 17.8 Å². The molecule has 2 rings (SSSR count). The third-order valence-electron chi connectivity index (χ3n) is 2.58. The molecular formula is C12H17ClN4O2. The van der Waals surface area contributed by atoms with Crippen LogP contribution < -0.4 is 10.6 Å². The third-order valence-corrected chi connectivity index (χ3v) is 2.58. The van der Waals surface area contributed by atoms with E-state index in [1.165, 1.54) is 0 Å². The Kier molecular flexibility index (Phi) is 6.11. The molecule has 0 saturated carbocycles. The van der Waals surface area contributed by atoms with Crippen molar-refractivity contribution in [1.82, 2.24) is 20.8 Å². The monoisotopic (exact) mass is 284 g/mol. The minimum absolute atomic E-state index is 0. The number of hydrogen-bond donors (Lipinski definition) is 3. The summed E-state index contributed by atoms with van der Waals surface area (Å²) in [6.45, 7) is 3.25. The molecule has 0 fully saturated rings. The second-order valence-electron chi connectivity index (χ2n) is 3.98. The van der Waals surface area contributed by atoms with Crippen molar-refractivity contribution < 1.29 is 9.21 Å². The van der Waals surface area contributed by atoms with E-state index in [9.17, 15) is 4.79 Å². The van der Waals surface area contributed by atoms with E-state index in [-0.39, 0.29) is 24.9 Å². The molecule has 0 radical (unpaired) electrons. The zero-order valence-electron chi connectivity index (χ0n) is 10.6. The summed E-state index contributed by atoms with van der Waals surface area (Å²) >= 11 is 0. The average molecular weight is 285 g/mol. The minimum Gasteiger partial charge on any atom is -0.467 e. The van der Waals surface area contributed by atoms with Crippen LogP contribution in [0, 0.1) is 6.92 Å². The van der Waals surface area contributed by atoms with Crippen molar-refractivity contribution >= 4 is 18.3 Å². The predicted octanol–water partition coefficient (Wildman–Crippen LogP) is 1.14. The van der Waals surface area contributed by atoms with Crippen molar-refractivity contribution in [3.63, 3.8) is 0 Å². The number of carbonyl (C=O) groups is 1. The van der Waals surface area contributed by atoms with Gasteiger partial charge in [-0.3, -0.25) is 9.89 Å². The highest BCUT2D eigenvalue weighted by Crippen LogP contribution is 2.01. The highest BCUT2D eigenvalue weighted by Gasteiger charge is 2.04. The Labute approximate surface area is 117 Å². The summed E-state index contributed by atoms with van der Waals surface area (Å²) < 4.78 is 5.12. The van der Waals surface area contributed by atoms with Gasteiger partial charge in [0.15, 0.2) is 0 Å². The largest absolute Gasteiger partial charge is 0.467 e. The molecule has 0 aliphatic carbocycles. The number of furan rings is 1. The lowest BCUT2D eigenvalue weighted by Crippen LogP contribution is -2.33. The molecule has 104 valence electrons. The van der Waals surface area contributed by atoms with E-state index in [4.69, 9.17) is 4.42 Å². The first-order valence-electron chi connectivity index (χ1n) is 5.74. The Morgan fingerprint density at radius 2 is 2.32 bits per heavy atom. The Morgan fingerprint density at radius 3 is 2.95 bits per heavy atom. The molecule has 3 N–H and O–H groups in total. The van der Waals surface area contributed by atoms with Gasteiger partial charge in [-0.2, -0.15) is 5.10 Å². The summed E-state index contributed by atoms with van der Waals surface area (Å²) in [6, 6.07) is 3.62. The van der Waals surface area contributed by atoms with Crippen LogP contribution in [0.5, 0.6) is 0 Å². The molecule has 7 heteroatoms. The van der Waals surface area contributed by atoms with Crippen molar-refractivity contribution in [1.29, 1.82) is 0 Å². The topological polar surface area (TPSA) is 83.0 Å². The van der Waals surface area contributed by atoms with E-state index in [0.29, 0.717) is 13.1 Å². The molecule has 0 bridgehead atoms. The number of aromatic nitrogens is 2. The Morgan fingerprint density at radius 1 is 1.47 bits per heavy atom. The van der Waals surface area contributed by atoms with Gasteiger partial charge in [0.2, 0.25) is 5.91 Å². The number of carbonyl (C=O) groups excluding carboxylic acids is 1. The number of amides is 1. The third kappa shape index (κ3) is 4.76. The molecule has 1 amide bonds. The molecule has 0 aliphatic rings. The van der Waals surface area contributed by atoms with E-state index in [2.05, 4.69) is 20.8 Å². The smallest absolute Gasteiger partial charge is 0.234 e. The van der Waals surface area contributed by atoms with Gasteiger partial charge < -0.3 is 15.1 Å². The van der Waals surface area contributed by atoms with Crippen LogP contribution in [0.1, 0.15) is 17.0 Å². The van der Waals surface area contributed by atoms with Crippen LogP contribution in [-0.2, 0) is 17.9 Å². The minimum atomic E-state index is -0.0625. The Bertz CT molecular complexity index is 496. The van der Waals surface area contributed by atoms with Crippen LogP contribution in [0.3, 0.4) is 0 Å². The number of halogens is 1. The van der Waals surface area contributed by atoms with Gasteiger partial charge in [-0.1, -0.05) is 0 Å². The first-order chi connectivity index (χ1) is 8.75. The average Bonchev–Trinajstić information content (AvgIpc) is 2.99. The molecule has 0 spiro atoms. The van der Waals surface area contributed by atoms with Crippen LogP contribution in [0.2, 0.25) is 0 Å². The van der Waals surface area contributed by atoms with E-state index in [0.717, 1.165) is 17.0 Å². The summed E-state index contributed by atoms with van der Waals surface area (Å²) in [5.74, 6) is 0.682. The molecule has 0 aromatic carbocycles. The van der Waals surface area contributed by atoms with Crippen molar-refractivity contribution in [3.05, 3.63) is 41.6 Å². The van der Waals surface area contributed by atoms with E-state index in [1.54, 1.807) is 18.5 Å². The lowest BCUT2D eigenvalue weighted by Gasteiger charge is -2.05. The molecule has 2 heterocycles. The lowest BCUT2D eigenvalue weighted by molar-refractivity contribution is -0.120. The number of rotatable bonds is 6. The van der Waals surface area contributed by atoms with Gasteiger partial charge in [0.25, 0.3) is 0 Å². The second kappa shape index (κ2) is 7.60. The van der Waals surface area contributed by atoms with Crippen LogP contribution >= 0.6 is 12.4 Å². The zero-order valence-corrected chi connectivity index (χ0v) is 11.4. The lowest BCUT2D eigenvalue weighted by atomic mass is 10.2. The molecule has 0 saturated heterocycles. The number of nitrogens with zero attached hydrogens (tertiary/aromatic N) is 1. The van der Waals surface area contributed by atoms with Gasteiger partial charge in [-0.05, 0) is 19.1 Å². The van der Waals surface area contributed by atoms with Crippen molar-refractivity contribution in [2.45, 2.75) is 20.0 Å². The normalized spacial score (nSPS) is 9.95. The van der Waals surface area contributed by atoms with Gasteiger partial charge in [-0.15, -0.1) is 12.4 Å². The van der Waals surface area contributed by atoms with Crippen LogP contribution in [0.15, 0.2) is 29.0 Å². The summed E-state index contributed by atoms with van der Waals surface area (Å²) in [4.78, 5) is 11.5. The number of nitrogens with one attached hydrogen (secondary N) is 3. The summed E-state index contributed by atoms with van der Waals surface area (Å²) in [5.41, 5.74) is 2.08. The van der Waals surface area contributed by atoms with Crippen molar-refractivity contribution in [3.8, 4) is 0 Å². The van der Waals surface area contributed by atoms with Gasteiger partial charge >= 0.3 is 0 Å². The summed E-state index contributed by atoms with van der Waals surface area (Å²) in [7, 11) is 0. The first kappa shape index (κ1) is 15.3. The molecular weight excluding hydrogens is 268 g/mol. The standard InChI is InChI=1S/C12H16N4O2.ClH/c1-9-10(6-15-16-9)5-13-8-12(17)14-7-11-3-2-4-18-11;/h2-4,6,13H,5,7-8H2,1H3,(H,14,17)(H,15,16);1H.